The number of imide groups is 2. The molecule has 0 bridgehead atoms. The molecule has 210 valence electrons. The lowest BCUT2D eigenvalue weighted by Crippen LogP contribution is -2.39. The fourth-order valence-corrected chi connectivity index (χ4v) is 7.34. The van der Waals surface area contributed by atoms with E-state index in [9.17, 15) is 19.2 Å². The number of hydrogen-bond donors (Lipinski definition) is 2. The van der Waals surface area contributed by atoms with Crippen LogP contribution in [0.25, 0.3) is 54.2 Å². The van der Waals surface area contributed by atoms with Gasteiger partial charge in [0.05, 0.1) is 50.7 Å². The molecule has 2 aliphatic heterocycles. The second-order valence-corrected chi connectivity index (χ2v) is 12.2. The molecule has 42 heavy (non-hydrogen) atoms. The molecule has 0 saturated carbocycles. The largest absolute Gasteiger partial charge is 0.463 e. The Morgan fingerprint density at radius 3 is 2.07 bits per heavy atom. The van der Waals surface area contributed by atoms with Gasteiger partial charge in [-0.2, -0.15) is 5.10 Å². The Balaban J connectivity index is 1.44. The summed E-state index contributed by atoms with van der Waals surface area (Å²) >= 11 is 1.54. The third-order valence-electron chi connectivity index (χ3n) is 8.33. The number of piperidine rings is 2. The minimum absolute atomic E-state index is 0.245. The zero-order valence-corrected chi connectivity index (χ0v) is 23.4. The molecule has 2 aliphatic rings. The lowest BCUT2D eigenvalue weighted by Gasteiger charge is -2.20. The van der Waals surface area contributed by atoms with Crippen molar-refractivity contribution in [1.82, 2.24) is 25.4 Å². The van der Waals surface area contributed by atoms with Crippen molar-refractivity contribution in [3.05, 3.63) is 47.0 Å². The quantitative estimate of drug-likeness (QED) is 0.286. The first-order chi connectivity index (χ1) is 20.3. The summed E-state index contributed by atoms with van der Waals surface area (Å²) in [6.07, 6.45) is 6.37. The SMILES string of the molecule is Cc1nc2c(-c3c4cn(C)nc4cc4c([C@@H]5CCC(=O)NC5=O)coc34)c3occ([C@@H]4CCC(=O)NC4=O)c3cc2s1. The second-order valence-electron chi connectivity index (χ2n) is 11.0. The highest BCUT2D eigenvalue weighted by molar-refractivity contribution is 7.18. The van der Waals surface area contributed by atoms with Crippen molar-refractivity contribution in [1.29, 1.82) is 0 Å². The zero-order chi connectivity index (χ0) is 28.9. The van der Waals surface area contributed by atoms with Crippen LogP contribution in [0.5, 0.6) is 0 Å². The summed E-state index contributed by atoms with van der Waals surface area (Å²) in [7, 11) is 1.84. The topological polar surface area (TPSA) is 149 Å². The van der Waals surface area contributed by atoms with Gasteiger partial charge in [0, 0.05) is 58.9 Å². The number of thiazole rings is 1. The molecule has 4 amide bonds. The van der Waals surface area contributed by atoms with Crippen LogP contribution < -0.4 is 10.6 Å². The summed E-state index contributed by atoms with van der Waals surface area (Å²) in [5, 5.41) is 12.8. The van der Waals surface area contributed by atoms with Crippen molar-refractivity contribution in [2.24, 2.45) is 7.05 Å². The number of nitrogens with zero attached hydrogens (tertiary/aromatic N) is 3. The van der Waals surface area contributed by atoms with E-state index in [0.29, 0.717) is 46.2 Å². The van der Waals surface area contributed by atoms with Gasteiger partial charge in [-0.3, -0.25) is 34.5 Å². The number of nitrogens with one attached hydrogen (secondary N) is 2. The first-order valence-electron chi connectivity index (χ1n) is 13.6. The van der Waals surface area contributed by atoms with Gasteiger partial charge >= 0.3 is 0 Å². The highest BCUT2D eigenvalue weighted by atomic mass is 32.1. The van der Waals surface area contributed by atoms with Crippen LogP contribution in [0.2, 0.25) is 0 Å². The molecule has 2 atom stereocenters. The maximum absolute atomic E-state index is 12.9. The van der Waals surface area contributed by atoms with E-state index in [2.05, 4.69) is 10.6 Å². The third-order valence-corrected chi connectivity index (χ3v) is 9.25. The van der Waals surface area contributed by atoms with Gasteiger partial charge in [-0.1, -0.05) is 0 Å². The van der Waals surface area contributed by atoms with Crippen molar-refractivity contribution in [2.75, 3.05) is 0 Å². The summed E-state index contributed by atoms with van der Waals surface area (Å²) in [4.78, 5) is 54.3. The van der Waals surface area contributed by atoms with Gasteiger partial charge < -0.3 is 8.83 Å². The molecule has 0 spiro atoms. The molecule has 2 aromatic carbocycles. The van der Waals surface area contributed by atoms with Crippen molar-refractivity contribution in [2.45, 2.75) is 44.4 Å². The van der Waals surface area contributed by atoms with Crippen LogP contribution in [-0.4, -0.2) is 38.4 Å². The highest BCUT2D eigenvalue weighted by Crippen LogP contribution is 2.48. The Kier molecular flexibility index (Phi) is 5.24. The third kappa shape index (κ3) is 3.57. The van der Waals surface area contributed by atoms with Gasteiger partial charge in [0.25, 0.3) is 0 Å². The van der Waals surface area contributed by atoms with Crippen LogP contribution in [0.1, 0.15) is 53.7 Å². The average molecular weight is 582 g/mol. The summed E-state index contributed by atoms with van der Waals surface area (Å²) < 4.78 is 15.2. The average Bonchev–Trinajstić information content (AvgIpc) is 3.71. The summed E-state index contributed by atoms with van der Waals surface area (Å²) in [5.41, 5.74) is 5.35. The normalized spacial score (nSPS) is 19.9. The molecular weight excluding hydrogens is 558 g/mol. The number of rotatable bonds is 3. The van der Waals surface area contributed by atoms with Crippen molar-refractivity contribution < 1.29 is 28.0 Å². The van der Waals surface area contributed by atoms with Crippen molar-refractivity contribution in [3.8, 4) is 11.1 Å². The molecule has 2 N–H and O–H groups in total. The number of aryl methyl sites for hydroxylation is 2. The second kappa shape index (κ2) is 8.83. The summed E-state index contributed by atoms with van der Waals surface area (Å²) in [6, 6.07) is 3.91. The highest BCUT2D eigenvalue weighted by Gasteiger charge is 2.34. The van der Waals surface area contributed by atoms with Crippen LogP contribution in [0, 0.1) is 6.92 Å². The fourth-order valence-electron chi connectivity index (χ4n) is 6.47. The fraction of sp³-hybridized carbons (Fsp3) is 0.267. The van der Waals surface area contributed by atoms with Crippen LogP contribution in [0.3, 0.4) is 0 Å². The standard InChI is InChI=1S/C30H23N5O6S/c1-12-31-26-21(42-12)8-16-19(14-4-6-23(37)33-30(14)39)11-41-28(16)25(26)24-17-9-35(2)34-20(17)7-15-18(10-40-27(15)24)13-3-5-22(36)32-29(13)38/h7-11,13-14H,3-6H2,1-2H3,(H,32,36,38)(H,33,37,39)/t13-,14-/m0/s1. The minimum atomic E-state index is -0.543. The maximum atomic E-state index is 12.9. The molecule has 12 heteroatoms. The van der Waals surface area contributed by atoms with Gasteiger partial charge in [0.1, 0.15) is 11.2 Å². The predicted molar refractivity (Wildman–Crippen MR) is 154 cm³/mol. The number of hydrogen-bond acceptors (Lipinski definition) is 9. The molecule has 2 saturated heterocycles. The van der Waals surface area contributed by atoms with E-state index < -0.39 is 11.8 Å². The van der Waals surface area contributed by atoms with Crippen LogP contribution in [0.15, 0.2) is 39.7 Å². The Morgan fingerprint density at radius 1 is 0.857 bits per heavy atom. The van der Waals surface area contributed by atoms with Gasteiger partial charge in [-0.25, -0.2) is 4.98 Å². The van der Waals surface area contributed by atoms with E-state index in [0.717, 1.165) is 36.9 Å². The number of furan rings is 2. The Bertz CT molecular complexity index is 2030. The zero-order valence-electron chi connectivity index (χ0n) is 22.6. The molecule has 0 aliphatic carbocycles. The predicted octanol–water partition coefficient (Wildman–Crippen LogP) is 4.69. The molecular formula is C30H23N5O6S. The number of carbonyl (C=O) groups is 4. The number of aromatic nitrogens is 3. The smallest absolute Gasteiger partial charge is 0.234 e. The Labute approximate surface area is 240 Å². The Hall–Kier alpha value is -4.84. The van der Waals surface area contributed by atoms with E-state index in [1.807, 2.05) is 32.3 Å². The molecule has 2 fully saturated rings. The number of carbonyl (C=O) groups excluding carboxylic acids is 4. The molecule has 11 nitrogen and oxygen atoms in total. The first-order valence-corrected chi connectivity index (χ1v) is 14.4. The van der Waals surface area contributed by atoms with Crippen LogP contribution >= 0.6 is 11.3 Å². The molecule has 0 radical (unpaired) electrons. The van der Waals surface area contributed by atoms with Gasteiger partial charge in [0.2, 0.25) is 23.6 Å². The molecule has 6 aromatic rings. The van der Waals surface area contributed by atoms with E-state index >= 15 is 0 Å². The van der Waals surface area contributed by atoms with Crippen LogP contribution in [0.4, 0.5) is 0 Å². The van der Waals surface area contributed by atoms with Crippen molar-refractivity contribution >= 4 is 78.0 Å². The van der Waals surface area contributed by atoms with E-state index in [1.165, 1.54) is 11.3 Å². The van der Waals surface area contributed by atoms with E-state index in [1.54, 1.807) is 17.2 Å². The maximum Gasteiger partial charge on any atom is 0.234 e. The lowest BCUT2D eigenvalue weighted by molar-refractivity contribution is -0.135. The van der Waals surface area contributed by atoms with E-state index in [4.69, 9.17) is 18.9 Å². The van der Waals surface area contributed by atoms with Crippen LogP contribution in [-0.2, 0) is 26.2 Å². The molecule has 0 unspecified atom stereocenters. The number of fused-ring (bicyclic) bond motifs is 4. The molecule has 8 rings (SSSR count). The molecule has 6 heterocycles. The van der Waals surface area contributed by atoms with E-state index in [-0.39, 0.29) is 36.5 Å². The Morgan fingerprint density at radius 2 is 1.45 bits per heavy atom. The van der Waals surface area contributed by atoms with Gasteiger partial charge in [-0.05, 0) is 31.9 Å². The molecule has 4 aromatic heterocycles. The number of amides is 4. The summed E-state index contributed by atoms with van der Waals surface area (Å²) in [6.45, 7) is 1.94. The number of benzene rings is 2. The minimum Gasteiger partial charge on any atom is -0.463 e. The summed E-state index contributed by atoms with van der Waals surface area (Å²) in [5.74, 6) is -2.32. The monoisotopic (exact) mass is 581 g/mol. The van der Waals surface area contributed by atoms with Gasteiger partial charge in [0.15, 0.2) is 0 Å². The van der Waals surface area contributed by atoms with Gasteiger partial charge in [-0.15, -0.1) is 11.3 Å². The van der Waals surface area contributed by atoms with Crippen molar-refractivity contribution in [3.63, 3.8) is 0 Å². The lowest BCUT2D eigenvalue weighted by atomic mass is 9.87. The first kappa shape index (κ1) is 24.9.